The molecule has 0 bridgehead atoms. The van der Waals surface area contributed by atoms with E-state index in [1.54, 1.807) is 18.0 Å². The van der Waals surface area contributed by atoms with Gasteiger partial charge in [-0.2, -0.15) is 0 Å². The summed E-state index contributed by atoms with van der Waals surface area (Å²) in [5.41, 5.74) is 3.17. The van der Waals surface area contributed by atoms with Crippen molar-refractivity contribution in [3.05, 3.63) is 71.5 Å². The van der Waals surface area contributed by atoms with Crippen LogP contribution in [0, 0.1) is 0 Å². The molecule has 2 heterocycles. The van der Waals surface area contributed by atoms with Crippen LogP contribution < -0.4 is 0 Å². The van der Waals surface area contributed by atoms with Crippen LogP contribution in [0.3, 0.4) is 0 Å². The van der Waals surface area contributed by atoms with Gasteiger partial charge in [-0.3, -0.25) is 9.78 Å². The molecular formula is C20H18N2OS. The first-order valence-corrected chi connectivity index (χ1v) is 9.27. The van der Waals surface area contributed by atoms with E-state index >= 15 is 0 Å². The van der Waals surface area contributed by atoms with E-state index < -0.39 is 0 Å². The normalized spacial score (nSPS) is 13.8. The highest BCUT2D eigenvalue weighted by atomic mass is 32.2. The van der Waals surface area contributed by atoms with E-state index in [4.69, 9.17) is 0 Å². The summed E-state index contributed by atoms with van der Waals surface area (Å²) in [5.74, 6) is 0.0160. The zero-order valence-corrected chi connectivity index (χ0v) is 14.3. The van der Waals surface area contributed by atoms with E-state index in [2.05, 4.69) is 29.4 Å². The molecule has 0 fully saturated rings. The van der Waals surface area contributed by atoms with Gasteiger partial charge in [-0.15, -0.1) is 11.8 Å². The van der Waals surface area contributed by atoms with Crippen LogP contribution in [0.25, 0.3) is 10.8 Å². The highest BCUT2D eigenvalue weighted by molar-refractivity contribution is 7.98. The Morgan fingerprint density at radius 2 is 1.96 bits per heavy atom. The van der Waals surface area contributed by atoms with Crippen molar-refractivity contribution in [1.82, 2.24) is 9.88 Å². The number of hydrogen-bond donors (Lipinski definition) is 0. The minimum atomic E-state index is 0.0160. The number of amides is 1. The van der Waals surface area contributed by atoms with Crippen LogP contribution in [0.2, 0.25) is 0 Å². The van der Waals surface area contributed by atoms with Gasteiger partial charge < -0.3 is 4.90 Å². The lowest BCUT2D eigenvalue weighted by Crippen LogP contribution is -2.36. The lowest BCUT2D eigenvalue weighted by molar-refractivity contribution is 0.0727. The Morgan fingerprint density at radius 1 is 1.12 bits per heavy atom. The molecule has 0 radical (unpaired) electrons. The Hall–Kier alpha value is -2.33. The predicted octanol–water partition coefficient (Wildman–Crippen LogP) is 4.16. The van der Waals surface area contributed by atoms with Crippen molar-refractivity contribution in [3.63, 3.8) is 0 Å². The van der Waals surface area contributed by atoms with Gasteiger partial charge in [0.05, 0.1) is 0 Å². The SMILES string of the molecule is CSc1cccc2c1CN(C(=O)c1cc3ccccc3cn1)CC2. The van der Waals surface area contributed by atoms with Gasteiger partial charge in [0, 0.05) is 29.6 Å². The summed E-state index contributed by atoms with van der Waals surface area (Å²) in [5, 5.41) is 2.11. The van der Waals surface area contributed by atoms with Crippen LogP contribution in [0.15, 0.2) is 59.6 Å². The minimum Gasteiger partial charge on any atom is -0.333 e. The smallest absolute Gasteiger partial charge is 0.272 e. The first kappa shape index (κ1) is 15.2. The number of fused-ring (bicyclic) bond motifs is 2. The Kier molecular flexibility index (Phi) is 3.98. The lowest BCUT2D eigenvalue weighted by atomic mass is 9.99. The Labute approximate surface area is 145 Å². The molecule has 0 spiro atoms. The van der Waals surface area contributed by atoms with Crippen molar-refractivity contribution in [2.24, 2.45) is 0 Å². The standard InChI is InChI=1S/C20H18N2OS/c1-24-19-8-4-7-14-9-10-22(13-17(14)19)20(23)18-11-15-5-2-3-6-16(15)12-21-18/h2-8,11-12H,9-10,13H2,1H3. The number of benzene rings is 2. The quantitative estimate of drug-likeness (QED) is 0.660. The first-order valence-electron chi connectivity index (χ1n) is 8.05. The summed E-state index contributed by atoms with van der Waals surface area (Å²) in [6.45, 7) is 1.41. The molecule has 0 saturated heterocycles. The van der Waals surface area contributed by atoms with Crippen molar-refractivity contribution in [1.29, 1.82) is 0 Å². The van der Waals surface area contributed by atoms with Crippen molar-refractivity contribution in [2.75, 3.05) is 12.8 Å². The molecule has 1 amide bonds. The highest BCUT2D eigenvalue weighted by Crippen LogP contribution is 2.29. The number of nitrogens with zero attached hydrogens (tertiary/aromatic N) is 2. The maximum atomic E-state index is 12.9. The fourth-order valence-corrected chi connectivity index (χ4v) is 3.93. The van der Waals surface area contributed by atoms with Crippen molar-refractivity contribution in [3.8, 4) is 0 Å². The van der Waals surface area contributed by atoms with Crippen LogP contribution in [-0.2, 0) is 13.0 Å². The van der Waals surface area contributed by atoms with E-state index in [-0.39, 0.29) is 5.91 Å². The van der Waals surface area contributed by atoms with E-state index in [0.29, 0.717) is 12.2 Å². The zero-order valence-electron chi connectivity index (χ0n) is 13.5. The number of aromatic nitrogens is 1. The topological polar surface area (TPSA) is 33.2 Å². The van der Waals surface area contributed by atoms with Gasteiger partial charge in [0.15, 0.2) is 0 Å². The van der Waals surface area contributed by atoms with Gasteiger partial charge >= 0.3 is 0 Å². The van der Waals surface area contributed by atoms with Gasteiger partial charge in [0.1, 0.15) is 5.69 Å². The third kappa shape index (κ3) is 2.67. The number of hydrogen-bond acceptors (Lipinski definition) is 3. The monoisotopic (exact) mass is 334 g/mol. The average Bonchev–Trinajstić information content (AvgIpc) is 2.66. The van der Waals surface area contributed by atoms with Gasteiger partial charge in [-0.25, -0.2) is 0 Å². The number of pyridine rings is 1. The largest absolute Gasteiger partial charge is 0.333 e. The van der Waals surface area contributed by atoms with E-state index in [1.807, 2.05) is 35.2 Å². The molecule has 0 saturated carbocycles. The summed E-state index contributed by atoms with van der Waals surface area (Å²) in [6.07, 6.45) is 4.78. The number of carbonyl (C=O) groups excluding carboxylic acids is 1. The first-order chi connectivity index (χ1) is 11.8. The second-order valence-electron chi connectivity index (χ2n) is 5.99. The summed E-state index contributed by atoms with van der Waals surface area (Å²) < 4.78 is 0. The molecule has 1 aromatic heterocycles. The molecule has 120 valence electrons. The van der Waals surface area contributed by atoms with Crippen LogP contribution in [-0.4, -0.2) is 28.6 Å². The Balaban J connectivity index is 1.64. The van der Waals surface area contributed by atoms with Crippen LogP contribution >= 0.6 is 11.8 Å². The number of thioether (sulfide) groups is 1. The van der Waals surface area contributed by atoms with E-state index in [1.165, 1.54) is 16.0 Å². The Bertz CT molecular complexity index is 908. The van der Waals surface area contributed by atoms with Gasteiger partial charge in [-0.1, -0.05) is 36.4 Å². The molecule has 24 heavy (non-hydrogen) atoms. The highest BCUT2D eigenvalue weighted by Gasteiger charge is 2.24. The maximum Gasteiger partial charge on any atom is 0.272 e. The molecule has 3 aromatic rings. The minimum absolute atomic E-state index is 0.0160. The van der Waals surface area contributed by atoms with Gasteiger partial charge in [-0.05, 0) is 41.3 Å². The van der Waals surface area contributed by atoms with Gasteiger partial charge in [0.2, 0.25) is 0 Å². The molecule has 3 nitrogen and oxygen atoms in total. The van der Waals surface area contributed by atoms with Crippen molar-refractivity contribution in [2.45, 2.75) is 17.9 Å². The van der Waals surface area contributed by atoms with Crippen LogP contribution in [0.4, 0.5) is 0 Å². The van der Waals surface area contributed by atoms with Crippen LogP contribution in [0.5, 0.6) is 0 Å². The molecule has 4 heteroatoms. The third-order valence-electron chi connectivity index (χ3n) is 4.59. The lowest BCUT2D eigenvalue weighted by Gasteiger charge is -2.30. The predicted molar refractivity (Wildman–Crippen MR) is 98.4 cm³/mol. The fourth-order valence-electron chi connectivity index (χ4n) is 3.28. The molecule has 4 rings (SSSR count). The summed E-state index contributed by atoms with van der Waals surface area (Å²) in [7, 11) is 0. The number of rotatable bonds is 2. The molecule has 0 N–H and O–H groups in total. The molecular weight excluding hydrogens is 316 g/mol. The van der Waals surface area contributed by atoms with Gasteiger partial charge in [0.25, 0.3) is 5.91 Å². The molecule has 0 unspecified atom stereocenters. The molecule has 0 aliphatic carbocycles. The molecule has 1 aliphatic rings. The fraction of sp³-hybridized carbons (Fsp3) is 0.200. The van der Waals surface area contributed by atoms with Crippen molar-refractivity contribution >= 4 is 28.4 Å². The average molecular weight is 334 g/mol. The third-order valence-corrected chi connectivity index (χ3v) is 5.41. The van der Waals surface area contributed by atoms with E-state index in [0.717, 1.165) is 23.7 Å². The second kappa shape index (κ2) is 6.29. The maximum absolute atomic E-state index is 12.9. The van der Waals surface area contributed by atoms with Crippen molar-refractivity contribution < 1.29 is 4.79 Å². The summed E-state index contributed by atoms with van der Waals surface area (Å²) in [6, 6.07) is 16.3. The zero-order chi connectivity index (χ0) is 16.5. The summed E-state index contributed by atoms with van der Waals surface area (Å²) in [4.78, 5) is 20.5. The number of carbonyl (C=O) groups is 1. The molecule has 1 aliphatic heterocycles. The van der Waals surface area contributed by atoms with Crippen LogP contribution in [0.1, 0.15) is 21.6 Å². The molecule has 2 aromatic carbocycles. The molecule has 0 atom stereocenters. The van der Waals surface area contributed by atoms with E-state index in [9.17, 15) is 4.79 Å². The Morgan fingerprint density at radius 3 is 2.79 bits per heavy atom. The summed E-state index contributed by atoms with van der Waals surface area (Å²) >= 11 is 1.74. The second-order valence-corrected chi connectivity index (χ2v) is 6.84.